The monoisotopic (exact) mass is 516 g/mol. The highest BCUT2D eigenvalue weighted by molar-refractivity contribution is 9.10. The molecule has 0 fully saturated rings. The fourth-order valence-corrected chi connectivity index (χ4v) is 4.35. The Morgan fingerprint density at radius 1 is 1.00 bits per heavy atom. The minimum atomic E-state index is -4.02. The van der Waals surface area contributed by atoms with E-state index < -0.39 is 21.7 Å². The van der Waals surface area contributed by atoms with Gasteiger partial charge in [-0.25, -0.2) is 12.8 Å². The van der Waals surface area contributed by atoms with Gasteiger partial charge in [0, 0.05) is 15.2 Å². The van der Waals surface area contributed by atoms with Crippen LogP contribution in [-0.4, -0.2) is 14.3 Å². The van der Waals surface area contributed by atoms with E-state index in [1.54, 1.807) is 24.3 Å². The molecule has 150 valence electrons. The first-order valence-electron chi connectivity index (χ1n) is 8.00. The number of nitrogens with one attached hydrogen (secondary N) is 2. The maximum absolute atomic E-state index is 14.5. The van der Waals surface area contributed by atoms with Crippen molar-refractivity contribution in [2.75, 3.05) is 10.0 Å². The van der Waals surface area contributed by atoms with Crippen LogP contribution >= 0.6 is 39.1 Å². The number of benzene rings is 3. The van der Waals surface area contributed by atoms with Crippen LogP contribution in [0, 0.1) is 5.82 Å². The smallest absolute Gasteiger partial charge is 0.261 e. The number of amides is 1. The van der Waals surface area contributed by atoms with Crippen LogP contribution in [0.4, 0.5) is 15.8 Å². The highest BCUT2D eigenvalue weighted by atomic mass is 79.9. The van der Waals surface area contributed by atoms with Crippen molar-refractivity contribution in [1.82, 2.24) is 0 Å². The molecule has 1 amide bonds. The number of halogens is 4. The normalized spacial score (nSPS) is 11.2. The lowest BCUT2D eigenvalue weighted by Gasteiger charge is -2.11. The number of anilines is 2. The van der Waals surface area contributed by atoms with Crippen LogP contribution in [0.5, 0.6) is 0 Å². The Labute approximate surface area is 185 Å². The van der Waals surface area contributed by atoms with Gasteiger partial charge in [-0.05, 0) is 54.6 Å². The zero-order valence-electron chi connectivity index (χ0n) is 14.4. The van der Waals surface area contributed by atoms with Gasteiger partial charge >= 0.3 is 0 Å². The predicted octanol–water partition coefficient (Wildman–Crippen LogP) is 5.95. The molecule has 3 rings (SSSR count). The summed E-state index contributed by atoms with van der Waals surface area (Å²) in [7, 11) is -4.02. The molecule has 0 bridgehead atoms. The van der Waals surface area contributed by atoms with Crippen LogP contribution < -0.4 is 10.0 Å². The van der Waals surface area contributed by atoms with E-state index in [1.807, 2.05) is 0 Å². The van der Waals surface area contributed by atoms with E-state index in [-0.39, 0.29) is 21.2 Å². The third-order valence-electron chi connectivity index (χ3n) is 3.75. The lowest BCUT2D eigenvalue weighted by atomic mass is 10.2. The van der Waals surface area contributed by atoms with E-state index in [4.69, 9.17) is 23.2 Å². The summed E-state index contributed by atoms with van der Waals surface area (Å²) in [5.74, 6) is -1.58. The van der Waals surface area contributed by atoms with Gasteiger partial charge in [0.25, 0.3) is 15.9 Å². The SMILES string of the molecule is O=C(Nc1ccc(S(=O)(=O)Nc2cccc(Br)c2)cc1F)c1ccc(Cl)cc1Cl. The van der Waals surface area contributed by atoms with Gasteiger partial charge in [0.15, 0.2) is 0 Å². The first-order valence-corrected chi connectivity index (χ1v) is 11.0. The van der Waals surface area contributed by atoms with Gasteiger partial charge in [0.1, 0.15) is 5.82 Å². The summed E-state index contributed by atoms with van der Waals surface area (Å²) in [4.78, 5) is 12.0. The number of sulfonamides is 1. The molecule has 0 aromatic heterocycles. The average Bonchev–Trinajstić information content (AvgIpc) is 2.62. The molecular weight excluding hydrogens is 506 g/mol. The third-order valence-corrected chi connectivity index (χ3v) is 6.17. The van der Waals surface area contributed by atoms with E-state index in [1.165, 1.54) is 24.3 Å². The van der Waals surface area contributed by atoms with Crippen molar-refractivity contribution in [2.24, 2.45) is 0 Å². The summed E-state index contributed by atoms with van der Waals surface area (Å²) in [6.45, 7) is 0. The second-order valence-corrected chi connectivity index (χ2v) is 9.28. The molecule has 0 aliphatic heterocycles. The molecule has 0 radical (unpaired) electrons. The quantitative estimate of drug-likeness (QED) is 0.439. The van der Waals surface area contributed by atoms with Crippen molar-refractivity contribution in [3.8, 4) is 0 Å². The molecule has 0 spiro atoms. The first-order chi connectivity index (χ1) is 13.7. The summed E-state index contributed by atoms with van der Waals surface area (Å²) < 4.78 is 42.5. The van der Waals surface area contributed by atoms with Crippen LogP contribution in [0.1, 0.15) is 10.4 Å². The largest absolute Gasteiger partial charge is 0.319 e. The molecule has 3 aromatic carbocycles. The van der Waals surface area contributed by atoms with Crippen molar-refractivity contribution in [2.45, 2.75) is 4.90 Å². The zero-order valence-corrected chi connectivity index (χ0v) is 18.3. The molecule has 3 aromatic rings. The first kappa shape index (κ1) is 21.6. The van der Waals surface area contributed by atoms with Crippen molar-refractivity contribution < 1.29 is 17.6 Å². The number of hydrogen-bond acceptors (Lipinski definition) is 3. The molecule has 0 aliphatic carbocycles. The van der Waals surface area contributed by atoms with Crippen molar-refractivity contribution in [1.29, 1.82) is 0 Å². The van der Waals surface area contributed by atoms with Gasteiger partial charge in [-0.1, -0.05) is 45.2 Å². The molecule has 5 nitrogen and oxygen atoms in total. The fraction of sp³-hybridized carbons (Fsp3) is 0. The molecule has 0 saturated heterocycles. The number of hydrogen-bond donors (Lipinski definition) is 2. The third kappa shape index (κ3) is 5.27. The van der Waals surface area contributed by atoms with Crippen molar-refractivity contribution in [3.63, 3.8) is 0 Å². The van der Waals surface area contributed by atoms with E-state index in [2.05, 4.69) is 26.0 Å². The van der Waals surface area contributed by atoms with Crippen LogP contribution in [0.15, 0.2) is 70.0 Å². The Kier molecular flexibility index (Phi) is 6.48. The molecule has 2 N–H and O–H groups in total. The highest BCUT2D eigenvalue weighted by Crippen LogP contribution is 2.25. The Bertz CT molecular complexity index is 1210. The van der Waals surface area contributed by atoms with E-state index in [0.29, 0.717) is 15.2 Å². The Morgan fingerprint density at radius 2 is 1.76 bits per heavy atom. The summed E-state index contributed by atoms with van der Waals surface area (Å²) in [5, 5.41) is 2.82. The van der Waals surface area contributed by atoms with Gasteiger partial charge < -0.3 is 5.32 Å². The molecule has 0 atom stereocenters. The number of rotatable bonds is 5. The predicted molar refractivity (Wildman–Crippen MR) is 116 cm³/mol. The minimum Gasteiger partial charge on any atom is -0.319 e. The minimum absolute atomic E-state index is 0.100. The fourth-order valence-electron chi connectivity index (χ4n) is 2.39. The lowest BCUT2D eigenvalue weighted by molar-refractivity contribution is 0.102. The number of carbonyl (C=O) groups is 1. The summed E-state index contributed by atoms with van der Waals surface area (Å²) in [5.41, 5.74) is 0.223. The summed E-state index contributed by atoms with van der Waals surface area (Å²) >= 11 is 15.0. The van der Waals surface area contributed by atoms with Crippen LogP contribution in [-0.2, 0) is 10.0 Å². The van der Waals surface area contributed by atoms with Crippen molar-refractivity contribution in [3.05, 3.63) is 86.6 Å². The molecule has 0 heterocycles. The van der Waals surface area contributed by atoms with Crippen LogP contribution in [0.2, 0.25) is 10.0 Å². The van der Waals surface area contributed by atoms with E-state index >= 15 is 0 Å². The molecule has 0 saturated carbocycles. The second kappa shape index (κ2) is 8.71. The lowest BCUT2D eigenvalue weighted by Crippen LogP contribution is -2.15. The van der Waals surface area contributed by atoms with E-state index in [9.17, 15) is 17.6 Å². The van der Waals surface area contributed by atoms with Crippen molar-refractivity contribution >= 4 is 66.4 Å². The Balaban J connectivity index is 1.81. The standard InChI is InChI=1S/C19H12BrCl2FN2O3S/c20-11-2-1-3-13(8-11)25-29(27,28)14-5-7-18(17(23)10-14)24-19(26)15-6-4-12(21)9-16(15)22/h1-10,25H,(H,24,26). The van der Waals surface area contributed by atoms with Gasteiger partial charge in [0.2, 0.25) is 0 Å². The Morgan fingerprint density at radius 3 is 2.41 bits per heavy atom. The zero-order chi connectivity index (χ0) is 21.2. The molecule has 0 aliphatic rings. The molecule has 10 heteroatoms. The molecule has 29 heavy (non-hydrogen) atoms. The van der Waals surface area contributed by atoms with Gasteiger partial charge in [0.05, 0.1) is 21.2 Å². The van der Waals surface area contributed by atoms with Crippen LogP contribution in [0.3, 0.4) is 0 Å². The molecule has 0 unspecified atom stereocenters. The number of carbonyl (C=O) groups excluding carboxylic acids is 1. The molecular formula is C19H12BrCl2FN2O3S. The van der Waals surface area contributed by atoms with E-state index in [0.717, 1.165) is 12.1 Å². The Hall–Kier alpha value is -2.13. The van der Waals surface area contributed by atoms with Crippen LogP contribution in [0.25, 0.3) is 0 Å². The average molecular weight is 518 g/mol. The summed E-state index contributed by atoms with van der Waals surface area (Å²) in [6, 6.07) is 13.9. The topological polar surface area (TPSA) is 75.3 Å². The van der Waals surface area contributed by atoms with Gasteiger partial charge in [-0.3, -0.25) is 9.52 Å². The highest BCUT2D eigenvalue weighted by Gasteiger charge is 2.18. The van der Waals surface area contributed by atoms with Gasteiger partial charge in [-0.2, -0.15) is 0 Å². The summed E-state index contributed by atoms with van der Waals surface area (Å²) in [6.07, 6.45) is 0. The maximum atomic E-state index is 14.5. The maximum Gasteiger partial charge on any atom is 0.261 e. The second-order valence-electron chi connectivity index (χ2n) is 5.84. The van der Waals surface area contributed by atoms with Gasteiger partial charge in [-0.15, -0.1) is 0 Å².